The first-order valence-electron chi connectivity index (χ1n) is 10.0. The van der Waals surface area contributed by atoms with Crippen molar-refractivity contribution in [2.24, 2.45) is 16.9 Å². The summed E-state index contributed by atoms with van der Waals surface area (Å²) >= 11 is 0. The molecular formula is C23H35FN2O2. The SMILES string of the molecule is CCC(=CN)C(=CC(=O)Cc1ccc(F)cc1)OCCCCCC(C)(C)CN. The lowest BCUT2D eigenvalue weighted by molar-refractivity contribution is -0.114. The molecule has 0 saturated carbocycles. The number of ketones is 1. The second-order valence-electron chi connectivity index (χ2n) is 7.85. The number of rotatable bonds is 13. The van der Waals surface area contributed by atoms with E-state index in [0.717, 1.165) is 36.8 Å². The molecule has 1 aromatic carbocycles. The Morgan fingerprint density at radius 1 is 1.18 bits per heavy atom. The summed E-state index contributed by atoms with van der Waals surface area (Å²) < 4.78 is 18.9. The van der Waals surface area contributed by atoms with Crippen LogP contribution in [0.15, 0.2) is 47.9 Å². The molecule has 0 amide bonds. The zero-order valence-electron chi connectivity index (χ0n) is 17.5. The quantitative estimate of drug-likeness (QED) is 0.223. The van der Waals surface area contributed by atoms with Crippen LogP contribution in [0.4, 0.5) is 4.39 Å². The fourth-order valence-electron chi connectivity index (χ4n) is 2.77. The first-order valence-corrected chi connectivity index (χ1v) is 10.0. The van der Waals surface area contributed by atoms with Gasteiger partial charge in [-0.3, -0.25) is 4.79 Å². The Labute approximate surface area is 168 Å². The second kappa shape index (κ2) is 12.3. The molecule has 0 fully saturated rings. The van der Waals surface area contributed by atoms with Crippen LogP contribution in [0.3, 0.4) is 0 Å². The smallest absolute Gasteiger partial charge is 0.163 e. The average molecular weight is 391 g/mol. The van der Waals surface area contributed by atoms with Gasteiger partial charge in [0.15, 0.2) is 5.78 Å². The fraction of sp³-hybridized carbons (Fsp3) is 0.522. The summed E-state index contributed by atoms with van der Waals surface area (Å²) in [7, 11) is 0. The van der Waals surface area contributed by atoms with Crippen molar-refractivity contribution in [2.45, 2.75) is 59.3 Å². The van der Waals surface area contributed by atoms with Gasteiger partial charge in [-0.1, -0.05) is 45.7 Å². The number of hydrogen-bond donors (Lipinski definition) is 2. The number of hydrogen-bond acceptors (Lipinski definition) is 4. The number of carbonyl (C=O) groups excluding carboxylic acids is 1. The predicted octanol–water partition coefficient (Wildman–Crippen LogP) is 4.64. The molecule has 4 N–H and O–H groups in total. The third kappa shape index (κ3) is 9.18. The van der Waals surface area contributed by atoms with Crippen molar-refractivity contribution < 1.29 is 13.9 Å². The molecule has 0 atom stereocenters. The number of allylic oxidation sites excluding steroid dienone is 2. The van der Waals surface area contributed by atoms with Crippen LogP contribution < -0.4 is 11.5 Å². The van der Waals surface area contributed by atoms with E-state index in [4.69, 9.17) is 16.2 Å². The molecule has 0 aliphatic rings. The van der Waals surface area contributed by atoms with Crippen molar-refractivity contribution in [2.75, 3.05) is 13.2 Å². The molecule has 156 valence electrons. The standard InChI is InChI=1S/C23H35FN2O2/c1-4-19(16-25)22(28-13-7-5-6-12-23(2,3)17-26)15-21(27)14-18-8-10-20(24)11-9-18/h8-11,15-16H,4-7,12-14,17,25-26H2,1-3H3. The molecule has 0 aliphatic carbocycles. The summed E-state index contributed by atoms with van der Waals surface area (Å²) in [4.78, 5) is 12.4. The third-order valence-electron chi connectivity index (χ3n) is 4.79. The van der Waals surface area contributed by atoms with Crippen LogP contribution >= 0.6 is 0 Å². The Morgan fingerprint density at radius 2 is 1.86 bits per heavy atom. The van der Waals surface area contributed by atoms with Gasteiger partial charge in [-0.2, -0.15) is 0 Å². The molecule has 0 unspecified atom stereocenters. The Morgan fingerprint density at radius 3 is 2.43 bits per heavy atom. The van der Waals surface area contributed by atoms with Crippen LogP contribution in [0.2, 0.25) is 0 Å². The van der Waals surface area contributed by atoms with Crippen molar-refractivity contribution in [1.82, 2.24) is 0 Å². The van der Waals surface area contributed by atoms with Gasteiger partial charge in [0, 0.05) is 24.3 Å². The number of carbonyl (C=O) groups is 1. The molecule has 0 bridgehead atoms. The first kappa shape index (κ1) is 23.9. The van der Waals surface area contributed by atoms with E-state index in [-0.39, 0.29) is 23.4 Å². The van der Waals surface area contributed by atoms with Gasteiger partial charge in [0.05, 0.1) is 6.61 Å². The van der Waals surface area contributed by atoms with Crippen LogP contribution in [-0.4, -0.2) is 18.9 Å². The summed E-state index contributed by atoms with van der Waals surface area (Å²) in [6, 6.07) is 5.94. The zero-order chi connectivity index (χ0) is 21.0. The van der Waals surface area contributed by atoms with Crippen molar-refractivity contribution >= 4 is 5.78 Å². The number of unbranched alkanes of at least 4 members (excludes halogenated alkanes) is 2. The topological polar surface area (TPSA) is 78.3 Å². The summed E-state index contributed by atoms with van der Waals surface area (Å²) in [5, 5.41) is 0. The predicted molar refractivity (Wildman–Crippen MR) is 113 cm³/mol. The molecule has 0 radical (unpaired) electrons. The molecule has 0 heterocycles. The van der Waals surface area contributed by atoms with E-state index in [0.29, 0.717) is 25.3 Å². The third-order valence-corrected chi connectivity index (χ3v) is 4.79. The van der Waals surface area contributed by atoms with E-state index >= 15 is 0 Å². The summed E-state index contributed by atoms with van der Waals surface area (Å²) in [6.07, 6.45) is 8.01. The monoisotopic (exact) mass is 390 g/mol. The Balaban J connectivity index is 2.59. The second-order valence-corrected chi connectivity index (χ2v) is 7.85. The van der Waals surface area contributed by atoms with Crippen molar-refractivity contribution in [1.29, 1.82) is 0 Å². The van der Waals surface area contributed by atoms with Gasteiger partial charge in [0.1, 0.15) is 11.6 Å². The van der Waals surface area contributed by atoms with E-state index < -0.39 is 0 Å². The van der Waals surface area contributed by atoms with E-state index in [2.05, 4.69) is 13.8 Å². The van der Waals surface area contributed by atoms with Crippen LogP contribution in [-0.2, 0) is 16.0 Å². The highest BCUT2D eigenvalue weighted by atomic mass is 19.1. The maximum absolute atomic E-state index is 13.0. The van der Waals surface area contributed by atoms with E-state index in [1.54, 1.807) is 12.1 Å². The maximum atomic E-state index is 13.0. The summed E-state index contributed by atoms with van der Waals surface area (Å²) in [5.41, 5.74) is 13.2. The minimum absolute atomic E-state index is 0.0981. The Kier molecular flexibility index (Phi) is 10.5. The lowest BCUT2D eigenvalue weighted by Gasteiger charge is -2.21. The maximum Gasteiger partial charge on any atom is 0.163 e. The van der Waals surface area contributed by atoms with Crippen molar-refractivity contribution in [3.8, 4) is 0 Å². The van der Waals surface area contributed by atoms with Gasteiger partial charge < -0.3 is 16.2 Å². The normalized spacial score (nSPS) is 12.9. The van der Waals surface area contributed by atoms with E-state index in [1.165, 1.54) is 24.4 Å². The highest BCUT2D eigenvalue weighted by Gasteiger charge is 2.14. The molecule has 28 heavy (non-hydrogen) atoms. The van der Waals surface area contributed by atoms with Gasteiger partial charge >= 0.3 is 0 Å². The van der Waals surface area contributed by atoms with E-state index in [1.807, 2.05) is 6.92 Å². The minimum Gasteiger partial charge on any atom is -0.493 e. The molecule has 0 saturated heterocycles. The average Bonchev–Trinajstić information content (AvgIpc) is 2.67. The molecule has 1 aromatic rings. The molecule has 1 rings (SSSR count). The van der Waals surface area contributed by atoms with Crippen LogP contribution in [0.1, 0.15) is 58.4 Å². The Bertz CT molecular complexity index is 664. The minimum atomic E-state index is -0.315. The largest absolute Gasteiger partial charge is 0.493 e. The van der Waals surface area contributed by atoms with Gasteiger partial charge in [-0.05, 0) is 48.9 Å². The summed E-state index contributed by atoms with van der Waals surface area (Å²) in [5.74, 6) is 0.114. The number of halogens is 1. The van der Waals surface area contributed by atoms with Gasteiger partial charge in [-0.25, -0.2) is 4.39 Å². The number of nitrogens with two attached hydrogens (primary N) is 2. The molecule has 5 heteroatoms. The zero-order valence-corrected chi connectivity index (χ0v) is 17.5. The molecule has 4 nitrogen and oxygen atoms in total. The van der Waals surface area contributed by atoms with Gasteiger partial charge in [0.2, 0.25) is 0 Å². The number of ether oxygens (including phenoxy) is 1. The molecule has 0 aliphatic heterocycles. The number of benzene rings is 1. The fourth-order valence-corrected chi connectivity index (χ4v) is 2.77. The van der Waals surface area contributed by atoms with Crippen LogP contribution in [0.5, 0.6) is 0 Å². The first-order chi connectivity index (χ1) is 13.3. The van der Waals surface area contributed by atoms with Gasteiger partial charge in [-0.15, -0.1) is 0 Å². The van der Waals surface area contributed by atoms with Gasteiger partial charge in [0.25, 0.3) is 0 Å². The van der Waals surface area contributed by atoms with Crippen LogP contribution in [0, 0.1) is 11.2 Å². The van der Waals surface area contributed by atoms with Crippen LogP contribution in [0.25, 0.3) is 0 Å². The lowest BCUT2D eigenvalue weighted by Crippen LogP contribution is -2.23. The van der Waals surface area contributed by atoms with Crippen molar-refractivity contribution in [3.05, 3.63) is 59.3 Å². The van der Waals surface area contributed by atoms with Crippen molar-refractivity contribution in [3.63, 3.8) is 0 Å². The lowest BCUT2D eigenvalue weighted by atomic mass is 9.87. The van der Waals surface area contributed by atoms with E-state index in [9.17, 15) is 9.18 Å². The molecule has 0 spiro atoms. The Hall–Kier alpha value is -2.14. The summed E-state index contributed by atoms with van der Waals surface area (Å²) in [6.45, 7) is 7.55. The molecule has 0 aromatic heterocycles. The molecular weight excluding hydrogens is 355 g/mol. The highest BCUT2D eigenvalue weighted by Crippen LogP contribution is 2.22. The highest BCUT2D eigenvalue weighted by molar-refractivity contribution is 5.92.